The molecule has 2 N–H and O–H groups in total. The zero-order valence-electron chi connectivity index (χ0n) is 12.2. The van der Waals surface area contributed by atoms with Gasteiger partial charge >= 0.3 is 5.97 Å². The number of nitrogens with one attached hydrogen (secondary N) is 1. The molecule has 1 aromatic carbocycles. The molecule has 0 spiro atoms. The molecule has 1 heterocycles. The maximum Gasteiger partial charge on any atom is 0.316 e. The Hall–Kier alpha value is -1.60. The van der Waals surface area contributed by atoms with Crippen LogP contribution in [0, 0.1) is 5.92 Å². The number of aliphatic carboxylic acids is 1. The van der Waals surface area contributed by atoms with E-state index >= 15 is 0 Å². The highest BCUT2D eigenvalue weighted by Crippen LogP contribution is 2.30. The summed E-state index contributed by atoms with van der Waals surface area (Å²) in [4.78, 5) is 27.6. The molecule has 2 rings (SSSR count). The molecule has 0 fully saturated rings. The van der Waals surface area contributed by atoms with Crippen LogP contribution >= 0.6 is 23.1 Å². The van der Waals surface area contributed by atoms with Crippen molar-refractivity contribution in [1.29, 1.82) is 0 Å². The van der Waals surface area contributed by atoms with Gasteiger partial charge in [0, 0.05) is 12.3 Å². The molecular formula is C15H18N2O3S2. The van der Waals surface area contributed by atoms with Crippen molar-refractivity contribution in [2.24, 2.45) is 5.92 Å². The Bertz CT molecular complexity index is 624. The van der Waals surface area contributed by atoms with Crippen molar-refractivity contribution in [3.05, 3.63) is 24.3 Å². The van der Waals surface area contributed by atoms with Crippen molar-refractivity contribution >= 4 is 45.2 Å². The smallest absolute Gasteiger partial charge is 0.316 e. The Morgan fingerprint density at radius 3 is 2.86 bits per heavy atom. The molecule has 0 aliphatic rings. The van der Waals surface area contributed by atoms with E-state index < -0.39 is 17.8 Å². The lowest BCUT2D eigenvalue weighted by Crippen LogP contribution is -2.37. The van der Waals surface area contributed by atoms with Crippen LogP contribution < -0.4 is 5.32 Å². The average Bonchev–Trinajstić information content (AvgIpc) is 2.90. The second-order valence-electron chi connectivity index (χ2n) is 4.79. The molecule has 0 saturated heterocycles. The number of carboxylic acids is 1. The number of hydrogen-bond donors (Lipinski definition) is 2. The monoisotopic (exact) mass is 338 g/mol. The predicted octanol–water partition coefficient (Wildman–Crippen LogP) is 3.01. The summed E-state index contributed by atoms with van der Waals surface area (Å²) < 4.78 is 1.85. The predicted molar refractivity (Wildman–Crippen MR) is 89.4 cm³/mol. The summed E-state index contributed by atoms with van der Waals surface area (Å²) in [5.41, 5.74) is 0.897. The van der Waals surface area contributed by atoms with E-state index in [4.69, 9.17) is 0 Å². The first-order valence-electron chi connectivity index (χ1n) is 7.10. The lowest BCUT2D eigenvalue weighted by molar-refractivity contribution is -0.145. The van der Waals surface area contributed by atoms with E-state index in [1.54, 1.807) is 0 Å². The van der Waals surface area contributed by atoms with Crippen LogP contribution in [0.3, 0.4) is 0 Å². The van der Waals surface area contributed by atoms with Gasteiger partial charge in [-0.25, -0.2) is 4.98 Å². The molecular weight excluding hydrogens is 320 g/mol. The van der Waals surface area contributed by atoms with Crippen molar-refractivity contribution in [2.45, 2.75) is 24.1 Å². The number of amides is 1. The minimum Gasteiger partial charge on any atom is -0.481 e. The Balaban J connectivity index is 1.96. The zero-order chi connectivity index (χ0) is 15.9. The van der Waals surface area contributed by atoms with E-state index in [1.165, 1.54) is 23.1 Å². The molecule has 0 aliphatic carbocycles. The molecule has 0 bridgehead atoms. The van der Waals surface area contributed by atoms with Crippen LogP contribution in [0.1, 0.15) is 19.8 Å². The number of nitrogens with zero attached hydrogens (tertiary/aromatic N) is 1. The third-order valence-corrected chi connectivity index (χ3v) is 5.36. The van der Waals surface area contributed by atoms with Gasteiger partial charge < -0.3 is 10.4 Å². The fourth-order valence-electron chi connectivity index (χ4n) is 1.84. The van der Waals surface area contributed by atoms with Crippen LogP contribution in [-0.2, 0) is 9.59 Å². The van der Waals surface area contributed by atoms with Gasteiger partial charge in [0.2, 0.25) is 5.91 Å². The molecule has 118 valence electrons. The number of thioether (sulfide) groups is 1. The van der Waals surface area contributed by atoms with Crippen LogP contribution in [0.2, 0.25) is 0 Å². The number of para-hydroxylation sites is 1. The first-order valence-corrected chi connectivity index (χ1v) is 8.91. The normalized spacial score (nSPS) is 12.2. The third kappa shape index (κ3) is 4.45. The van der Waals surface area contributed by atoms with E-state index in [-0.39, 0.29) is 5.75 Å². The molecule has 1 atom stereocenters. The SMILES string of the molecule is CCCCNC(=O)C(CSc1nc2ccccc2s1)C(=O)O. The Labute approximate surface area is 137 Å². The number of thiazole rings is 1. The molecule has 1 aromatic heterocycles. The number of unbranched alkanes of at least 4 members (excludes halogenated alkanes) is 1. The van der Waals surface area contributed by atoms with Gasteiger partial charge in [0.1, 0.15) is 5.92 Å². The maximum atomic E-state index is 11.9. The Kier molecular flexibility index (Phi) is 6.21. The van der Waals surface area contributed by atoms with Crippen molar-refractivity contribution in [1.82, 2.24) is 10.3 Å². The molecule has 22 heavy (non-hydrogen) atoms. The second-order valence-corrected chi connectivity index (χ2v) is 7.09. The van der Waals surface area contributed by atoms with Crippen molar-refractivity contribution < 1.29 is 14.7 Å². The topological polar surface area (TPSA) is 79.3 Å². The van der Waals surface area contributed by atoms with E-state index in [1.807, 2.05) is 31.2 Å². The molecule has 0 radical (unpaired) electrons. The summed E-state index contributed by atoms with van der Waals surface area (Å²) in [5.74, 6) is -2.38. The third-order valence-electron chi connectivity index (χ3n) is 3.09. The molecule has 1 amide bonds. The number of rotatable bonds is 8. The number of carbonyl (C=O) groups excluding carboxylic acids is 1. The molecule has 2 aromatic rings. The fourth-order valence-corrected chi connectivity index (χ4v) is 4.01. The highest BCUT2D eigenvalue weighted by atomic mass is 32.2. The number of fused-ring (bicyclic) bond motifs is 1. The van der Waals surface area contributed by atoms with Gasteiger partial charge in [0.05, 0.1) is 10.2 Å². The zero-order valence-corrected chi connectivity index (χ0v) is 13.9. The summed E-state index contributed by atoms with van der Waals surface area (Å²) in [6.45, 7) is 2.54. The summed E-state index contributed by atoms with van der Waals surface area (Å²) in [7, 11) is 0. The highest BCUT2D eigenvalue weighted by Gasteiger charge is 2.26. The van der Waals surface area contributed by atoms with Gasteiger partial charge in [-0.3, -0.25) is 9.59 Å². The van der Waals surface area contributed by atoms with E-state index in [0.29, 0.717) is 6.54 Å². The van der Waals surface area contributed by atoms with Gasteiger partial charge in [-0.15, -0.1) is 11.3 Å². The van der Waals surface area contributed by atoms with E-state index in [9.17, 15) is 14.7 Å². The second kappa shape index (κ2) is 8.14. The fraction of sp³-hybridized carbons (Fsp3) is 0.400. The number of carbonyl (C=O) groups is 2. The molecule has 0 aliphatic heterocycles. The van der Waals surface area contributed by atoms with Crippen LogP contribution in [0.4, 0.5) is 0 Å². The number of aromatic nitrogens is 1. The van der Waals surface area contributed by atoms with Crippen LogP contribution in [0.5, 0.6) is 0 Å². The summed E-state index contributed by atoms with van der Waals surface area (Å²) in [5, 5.41) is 11.9. The number of benzene rings is 1. The van der Waals surface area contributed by atoms with Crippen LogP contribution in [-0.4, -0.2) is 34.3 Å². The minimum atomic E-state index is -1.09. The van der Waals surface area contributed by atoms with Crippen LogP contribution in [0.15, 0.2) is 28.6 Å². The number of hydrogen-bond acceptors (Lipinski definition) is 5. The quantitative estimate of drug-likeness (QED) is 0.439. The van der Waals surface area contributed by atoms with Crippen molar-refractivity contribution in [3.63, 3.8) is 0 Å². The maximum absolute atomic E-state index is 11.9. The van der Waals surface area contributed by atoms with Crippen LogP contribution in [0.25, 0.3) is 10.2 Å². The van der Waals surface area contributed by atoms with Gasteiger partial charge in [-0.05, 0) is 18.6 Å². The van der Waals surface area contributed by atoms with Gasteiger partial charge in [0.25, 0.3) is 0 Å². The van der Waals surface area contributed by atoms with Gasteiger partial charge in [-0.2, -0.15) is 0 Å². The molecule has 0 saturated carbocycles. The summed E-state index contributed by atoms with van der Waals surface area (Å²) in [6.07, 6.45) is 1.81. The summed E-state index contributed by atoms with van der Waals surface area (Å²) in [6, 6.07) is 7.75. The van der Waals surface area contributed by atoms with Gasteiger partial charge in [0.15, 0.2) is 4.34 Å². The summed E-state index contributed by atoms with van der Waals surface area (Å²) >= 11 is 2.83. The largest absolute Gasteiger partial charge is 0.481 e. The van der Waals surface area contributed by atoms with Crippen molar-refractivity contribution in [3.8, 4) is 0 Å². The first kappa shape index (κ1) is 16.8. The molecule has 7 heteroatoms. The molecule has 1 unspecified atom stereocenters. The first-order chi connectivity index (χ1) is 10.6. The van der Waals surface area contributed by atoms with Crippen molar-refractivity contribution in [2.75, 3.05) is 12.3 Å². The average molecular weight is 338 g/mol. The van der Waals surface area contributed by atoms with E-state index in [0.717, 1.165) is 27.4 Å². The van der Waals surface area contributed by atoms with E-state index in [2.05, 4.69) is 10.3 Å². The number of carboxylic acid groups (broad SMARTS) is 1. The Morgan fingerprint density at radius 2 is 2.18 bits per heavy atom. The lowest BCUT2D eigenvalue weighted by Gasteiger charge is -2.11. The highest BCUT2D eigenvalue weighted by molar-refractivity contribution is 8.01. The standard InChI is InChI=1S/C15H18N2O3S2/c1-2-3-8-16-13(18)10(14(19)20)9-21-15-17-11-6-4-5-7-12(11)22-15/h4-7,10H,2-3,8-9H2,1H3,(H,16,18)(H,19,20). The minimum absolute atomic E-state index is 0.188. The molecule has 5 nitrogen and oxygen atoms in total. The Morgan fingerprint density at radius 1 is 1.41 bits per heavy atom. The lowest BCUT2D eigenvalue weighted by atomic mass is 10.1. The van der Waals surface area contributed by atoms with Gasteiger partial charge in [-0.1, -0.05) is 37.2 Å².